The van der Waals surface area contributed by atoms with Gasteiger partial charge in [-0.05, 0) is 0 Å². The van der Waals surface area contributed by atoms with Crippen LogP contribution in [0.4, 0.5) is 0 Å². The van der Waals surface area contributed by atoms with Gasteiger partial charge in [0.2, 0.25) is 0 Å². The summed E-state index contributed by atoms with van der Waals surface area (Å²) in [5, 5.41) is 0. The Kier molecular flexibility index (Phi) is 6.65. The molecular formula is C5H14B2O4. The average molecular weight is 160 g/mol. The fourth-order valence-electron chi connectivity index (χ4n) is 0.734. The Bertz CT molecular complexity index is 74.6. The molecule has 0 amide bonds. The molecule has 0 N–H and O–H groups in total. The van der Waals surface area contributed by atoms with Crippen LogP contribution >= 0.6 is 0 Å². The molecular weight excluding hydrogens is 146 g/mol. The molecule has 0 fully saturated rings. The van der Waals surface area contributed by atoms with Gasteiger partial charge in [0.1, 0.15) is 0 Å². The molecule has 0 heterocycles. The summed E-state index contributed by atoms with van der Waals surface area (Å²) in [6.45, 7) is 0. The van der Waals surface area contributed by atoms with Gasteiger partial charge in [-0.3, -0.25) is 0 Å². The van der Waals surface area contributed by atoms with Gasteiger partial charge in [-0.2, -0.15) is 0 Å². The Morgan fingerprint density at radius 3 is 1.18 bits per heavy atom. The van der Waals surface area contributed by atoms with Gasteiger partial charge in [0.05, 0.1) is 0 Å². The minimum atomic E-state index is -0.264. The van der Waals surface area contributed by atoms with Crippen LogP contribution in [0.1, 0.15) is 0 Å². The molecule has 0 bridgehead atoms. The molecule has 0 aromatic carbocycles. The molecule has 0 rings (SSSR count). The van der Waals surface area contributed by atoms with Crippen LogP contribution in [0.2, 0.25) is 6.22 Å². The van der Waals surface area contributed by atoms with Gasteiger partial charge in [0.15, 0.2) is 0 Å². The van der Waals surface area contributed by atoms with Crippen molar-refractivity contribution in [2.45, 2.75) is 6.22 Å². The van der Waals surface area contributed by atoms with Crippen molar-refractivity contribution in [3.63, 3.8) is 0 Å². The van der Waals surface area contributed by atoms with Crippen LogP contribution in [0, 0.1) is 0 Å². The van der Waals surface area contributed by atoms with Gasteiger partial charge in [0.25, 0.3) is 0 Å². The zero-order valence-corrected chi connectivity index (χ0v) is 7.49. The largest absolute Gasteiger partial charge is 0.454 e. The molecule has 0 aliphatic rings. The normalized spacial score (nSPS) is 9.82. The monoisotopic (exact) mass is 160 g/mol. The summed E-state index contributed by atoms with van der Waals surface area (Å²) in [6, 6.07) is 0. The minimum absolute atomic E-state index is 0.264. The summed E-state index contributed by atoms with van der Waals surface area (Å²) in [5.41, 5.74) is 0. The van der Waals surface area contributed by atoms with Crippen molar-refractivity contribution in [2.75, 3.05) is 28.4 Å². The van der Waals surface area contributed by atoms with E-state index in [1.807, 2.05) is 0 Å². The highest BCUT2D eigenvalue weighted by Gasteiger charge is 2.26. The molecule has 0 atom stereocenters. The van der Waals surface area contributed by atoms with Gasteiger partial charge in [-0.15, -0.1) is 0 Å². The molecule has 0 aliphatic heterocycles. The first-order valence-corrected chi connectivity index (χ1v) is 3.39. The van der Waals surface area contributed by atoms with Gasteiger partial charge in [0, 0.05) is 34.7 Å². The van der Waals surface area contributed by atoms with E-state index < -0.39 is 0 Å². The van der Waals surface area contributed by atoms with E-state index in [1.165, 1.54) is 0 Å². The molecule has 6 heteroatoms. The molecule has 11 heavy (non-hydrogen) atoms. The highest BCUT2D eigenvalue weighted by Crippen LogP contribution is 2.00. The smallest absolute Gasteiger partial charge is 0.414 e. The average Bonchev–Trinajstić information content (AvgIpc) is 2.07. The third-order valence-electron chi connectivity index (χ3n) is 1.44. The Hall–Kier alpha value is -0.0301. The van der Waals surface area contributed by atoms with Crippen molar-refractivity contribution in [1.29, 1.82) is 0 Å². The molecule has 0 aromatic rings. The zero-order valence-electron chi connectivity index (χ0n) is 7.49. The maximum absolute atomic E-state index is 4.95. The first kappa shape index (κ1) is 11.0. The Balaban J connectivity index is 3.58. The topological polar surface area (TPSA) is 36.9 Å². The Morgan fingerprint density at radius 2 is 1.00 bits per heavy atom. The lowest BCUT2D eigenvalue weighted by molar-refractivity contribution is 0.258. The van der Waals surface area contributed by atoms with E-state index in [9.17, 15) is 0 Å². The van der Waals surface area contributed by atoms with Crippen molar-refractivity contribution in [3.05, 3.63) is 0 Å². The summed E-state index contributed by atoms with van der Waals surface area (Å²) in [6.07, 6.45) is 0.569. The van der Waals surface area contributed by atoms with Crippen molar-refractivity contribution in [3.8, 4) is 0 Å². The highest BCUT2D eigenvalue weighted by atomic mass is 16.6. The molecule has 0 aliphatic carbocycles. The lowest BCUT2D eigenvalue weighted by Gasteiger charge is -2.11. The van der Waals surface area contributed by atoms with Crippen molar-refractivity contribution in [2.24, 2.45) is 0 Å². The summed E-state index contributed by atoms with van der Waals surface area (Å²) in [7, 11) is 5.79. The second-order valence-electron chi connectivity index (χ2n) is 2.04. The van der Waals surface area contributed by atoms with E-state index in [-0.39, 0.29) is 14.2 Å². The van der Waals surface area contributed by atoms with Crippen molar-refractivity contribution >= 4 is 14.2 Å². The van der Waals surface area contributed by atoms with E-state index in [1.54, 1.807) is 28.4 Å². The second kappa shape index (κ2) is 6.67. The first-order valence-electron chi connectivity index (χ1n) is 3.39. The Labute approximate surface area is 68.4 Å². The third kappa shape index (κ3) is 4.42. The highest BCUT2D eigenvalue weighted by molar-refractivity contribution is 6.64. The van der Waals surface area contributed by atoms with E-state index in [4.69, 9.17) is 18.6 Å². The Morgan fingerprint density at radius 1 is 0.727 bits per heavy atom. The van der Waals surface area contributed by atoms with E-state index in [0.717, 1.165) is 0 Å². The molecule has 0 unspecified atom stereocenters. The van der Waals surface area contributed by atoms with Crippen LogP contribution in [0.15, 0.2) is 0 Å². The second-order valence-corrected chi connectivity index (χ2v) is 2.04. The van der Waals surface area contributed by atoms with Crippen LogP contribution in [0.3, 0.4) is 0 Å². The fourth-order valence-corrected chi connectivity index (χ4v) is 0.734. The van der Waals surface area contributed by atoms with E-state index in [0.29, 0.717) is 6.22 Å². The zero-order chi connectivity index (χ0) is 8.69. The van der Waals surface area contributed by atoms with Crippen LogP contribution in [-0.2, 0) is 18.6 Å². The molecule has 0 saturated carbocycles. The van der Waals surface area contributed by atoms with Crippen molar-refractivity contribution < 1.29 is 18.6 Å². The van der Waals surface area contributed by atoms with Crippen LogP contribution < -0.4 is 0 Å². The maximum atomic E-state index is 4.95. The first-order chi connectivity index (χ1) is 5.28. The molecule has 0 spiro atoms. The molecule has 0 aromatic heterocycles. The number of rotatable bonds is 6. The summed E-state index contributed by atoms with van der Waals surface area (Å²) in [4.78, 5) is 0. The minimum Gasteiger partial charge on any atom is -0.414 e. The summed E-state index contributed by atoms with van der Waals surface area (Å²) >= 11 is 0. The predicted octanol–water partition coefficient (Wildman–Crippen LogP) is 0.0876. The summed E-state index contributed by atoms with van der Waals surface area (Å²) < 4.78 is 19.8. The van der Waals surface area contributed by atoms with Gasteiger partial charge in [-0.25, -0.2) is 0 Å². The van der Waals surface area contributed by atoms with Gasteiger partial charge in [-0.1, -0.05) is 0 Å². The fraction of sp³-hybridized carbons (Fsp3) is 1.00. The number of hydrogen-bond donors (Lipinski definition) is 0. The number of hydrogen-bond acceptors (Lipinski definition) is 4. The third-order valence-corrected chi connectivity index (χ3v) is 1.44. The molecule has 0 radical (unpaired) electrons. The van der Waals surface area contributed by atoms with Crippen molar-refractivity contribution in [1.82, 2.24) is 0 Å². The SMILES string of the molecule is COB(CB(OC)OC)OC. The lowest BCUT2D eigenvalue weighted by atomic mass is 9.64. The van der Waals surface area contributed by atoms with Crippen LogP contribution in [0.25, 0.3) is 0 Å². The lowest BCUT2D eigenvalue weighted by Crippen LogP contribution is -2.31. The molecule has 4 nitrogen and oxygen atoms in total. The van der Waals surface area contributed by atoms with Crippen LogP contribution in [0.5, 0.6) is 0 Å². The van der Waals surface area contributed by atoms with E-state index in [2.05, 4.69) is 0 Å². The van der Waals surface area contributed by atoms with Crippen LogP contribution in [-0.4, -0.2) is 42.7 Å². The maximum Gasteiger partial charge on any atom is 0.454 e. The summed E-state index contributed by atoms with van der Waals surface area (Å²) in [5.74, 6) is 0. The quantitative estimate of drug-likeness (QED) is 0.515. The predicted molar refractivity (Wildman–Crippen MR) is 44.4 cm³/mol. The standard InChI is InChI=1S/C5H14B2O4/c1-8-6(9-2)5-7(10-3)11-4/h5H2,1-4H3. The van der Waals surface area contributed by atoms with Gasteiger partial charge >= 0.3 is 14.2 Å². The molecule has 0 saturated heterocycles. The van der Waals surface area contributed by atoms with E-state index >= 15 is 0 Å². The van der Waals surface area contributed by atoms with Gasteiger partial charge < -0.3 is 18.6 Å². The molecule has 64 valence electrons.